The van der Waals surface area contributed by atoms with Crippen molar-refractivity contribution in [3.8, 4) is 0 Å². The molecule has 0 amide bonds. The smallest absolute Gasteiger partial charge is 0.494 e. The zero-order valence-electron chi connectivity index (χ0n) is 10.1. The third-order valence-corrected chi connectivity index (χ3v) is 2.21. The average Bonchev–Trinajstić information content (AvgIpc) is 1.95. The van der Waals surface area contributed by atoms with Gasteiger partial charge in [0.05, 0.1) is 5.76 Å². The highest BCUT2D eigenvalue weighted by Crippen LogP contribution is 2.27. The van der Waals surface area contributed by atoms with E-state index < -0.39 is 0 Å². The summed E-state index contributed by atoms with van der Waals surface area (Å²) in [5, 5.41) is 0. The second-order valence-electron chi connectivity index (χ2n) is 5.52. The lowest BCUT2D eigenvalue weighted by Crippen LogP contribution is -2.21. The molecule has 0 aromatic heterocycles. The Bertz CT molecular complexity index is 241. The maximum absolute atomic E-state index is 11.7. The number of carbonyl (C=O) groups is 1. The van der Waals surface area contributed by atoms with Crippen LogP contribution >= 0.6 is 0 Å². The number of carbonyl (C=O) groups excluding carboxylic acids is 1. The van der Waals surface area contributed by atoms with E-state index in [1.54, 1.807) is 6.08 Å². The van der Waals surface area contributed by atoms with Gasteiger partial charge in [0.2, 0.25) is 0 Å². The van der Waals surface area contributed by atoms with Crippen molar-refractivity contribution in [2.45, 2.75) is 41.5 Å². The molecule has 0 aromatic rings. The van der Waals surface area contributed by atoms with Gasteiger partial charge in [0, 0.05) is 16.9 Å². The van der Waals surface area contributed by atoms with E-state index in [4.69, 9.17) is 3.79 Å². The lowest BCUT2D eigenvalue weighted by molar-refractivity contribution is -0.121. The molecule has 0 N–H and O–H groups in total. The highest BCUT2D eigenvalue weighted by Gasteiger charge is 2.23. The highest BCUT2D eigenvalue weighted by molar-refractivity contribution is 6.00. The van der Waals surface area contributed by atoms with Crippen molar-refractivity contribution in [2.24, 2.45) is 10.8 Å². The summed E-state index contributed by atoms with van der Waals surface area (Å²) in [4.78, 5) is 11.7. The van der Waals surface area contributed by atoms with Crippen LogP contribution in [-0.4, -0.2) is 22.4 Å². The summed E-state index contributed by atoms with van der Waals surface area (Å²) in [5.41, 5.74) is -0.444. The van der Waals surface area contributed by atoms with Gasteiger partial charge in [-0.2, -0.15) is 0 Å². The SMILES string of the molecule is CC(C)(C)C(=O)C=C([O][AlH])C(C)(C)C. The standard InChI is InChI=1S/C11H20O2.Al.H/c1-10(2,3)8(12)7-9(13)11(4,5)6;;/h7,12H,1-6H3;;/q;+1;/p-1. The predicted molar refractivity (Wildman–Crippen MR) is 60.2 cm³/mol. The molecule has 0 atom stereocenters. The number of allylic oxidation sites excluding steroid dienone is 2. The Kier molecular flexibility index (Phi) is 4.42. The van der Waals surface area contributed by atoms with Crippen molar-refractivity contribution in [2.75, 3.05) is 0 Å². The molecule has 3 heteroatoms. The third kappa shape index (κ3) is 4.30. The topological polar surface area (TPSA) is 26.3 Å². The van der Waals surface area contributed by atoms with Gasteiger partial charge in [0.1, 0.15) is 0 Å². The van der Waals surface area contributed by atoms with E-state index in [0.29, 0.717) is 0 Å². The first-order valence-electron chi connectivity index (χ1n) is 4.77. The van der Waals surface area contributed by atoms with Gasteiger partial charge in [0.25, 0.3) is 0 Å². The van der Waals surface area contributed by atoms with Crippen molar-refractivity contribution in [3.63, 3.8) is 0 Å². The van der Waals surface area contributed by atoms with Crippen LogP contribution in [0.3, 0.4) is 0 Å². The number of hydrogen-bond acceptors (Lipinski definition) is 2. The summed E-state index contributed by atoms with van der Waals surface area (Å²) >= 11 is 1.41. The summed E-state index contributed by atoms with van der Waals surface area (Å²) in [6, 6.07) is 0. The summed E-state index contributed by atoms with van der Waals surface area (Å²) in [7, 11) is 0. The van der Waals surface area contributed by atoms with E-state index in [1.165, 1.54) is 16.6 Å². The fourth-order valence-electron chi connectivity index (χ4n) is 0.810. The van der Waals surface area contributed by atoms with E-state index in [9.17, 15) is 4.79 Å². The fourth-order valence-corrected chi connectivity index (χ4v) is 1.33. The zero-order chi connectivity index (χ0) is 11.6. The van der Waals surface area contributed by atoms with Crippen LogP contribution in [0.15, 0.2) is 11.8 Å². The molecule has 0 aliphatic rings. The van der Waals surface area contributed by atoms with Crippen LogP contribution in [0.4, 0.5) is 0 Å². The van der Waals surface area contributed by atoms with Crippen LogP contribution in [0, 0.1) is 10.8 Å². The van der Waals surface area contributed by atoms with Gasteiger partial charge in [-0.15, -0.1) is 0 Å². The molecule has 0 aliphatic heterocycles. The first-order chi connectivity index (χ1) is 6.09. The molecule has 0 unspecified atom stereocenters. The first kappa shape index (κ1) is 13.7. The molecular formula is C11H20AlO2. The fraction of sp³-hybridized carbons (Fsp3) is 0.727. The Balaban J connectivity index is 4.89. The second-order valence-corrected chi connectivity index (χ2v) is 5.81. The molecule has 14 heavy (non-hydrogen) atoms. The van der Waals surface area contributed by atoms with Crippen molar-refractivity contribution in [1.29, 1.82) is 0 Å². The average molecular weight is 211 g/mol. The minimum absolute atomic E-state index is 0.106. The number of ketones is 1. The monoisotopic (exact) mass is 211 g/mol. The van der Waals surface area contributed by atoms with Crippen LogP contribution < -0.4 is 0 Å². The third-order valence-electron chi connectivity index (χ3n) is 1.90. The minimum Gasteiger partial charge on any atom is -0.653 e. The van der Waals surface area contributed by atoms with Gasteiger partial charge < -0.3 is 3.79 Å². The molecule has 0 spiro atoms. The van der Waals surface area contributed by atoms with Gasteiger partial charge in [-0.1, -0.05) is 41.5 Å². The molecule has 0 saturated carbocycles. The maximum atomic E-state index is 11.7. The van der Waals surface area contributed by atoms with Crippen LogP contribution in [-0.2, 0) is 8.58 Å². The number of rotatable bonds is 2. The largest absolute Gasteiger partial charge is 0.653 e. The van der Waals surface area contributed by atoms with Crippen molar-refractivity contribution >= 4 is 22.4 Å². The van der Waals surface area contributed by atoms with Gasteiger partial charge in [-0.3, -0.25) is 4.79 Å². The van der Waals surface area contributed by atoms with Crippen LogP contribution in [0.25, 0.3) is 0 Å². The Morgan fingerprint density at radius 2 is 1.50 bits per heavy atom. The predicted octanol–water partition coefficient (Wildman–Crippen LogP) is 2.36. The molecule has 0 saturated heterocycles. The van der Waals surface area contributed by atoms with Crippen LogP contribution in [0.1, 0.15) is 41.5 Å². The van der Waals surface area contributed by atoms with Crippen molar-refractivity contribution < 1.29 is 8.58 Å². The molecule has 0 rings (SSSR count). The summed E-state index contributed by atoms with van der Waals surface area (Å²) in [5.74, 6) is 0.852. The van der Waals surface area contributed by atoms with E-state index in [0.717, 1.165) is 5.76 Å². The minimum atomic E-state index is -0.335. The van der Waals surface area contributed by atoms with Crippen molar-refractivity contribution in [1.82, 2.24) is 0 Å². The lowest BCUT2D eigenvalue weighted by atomic mass is 9.87. The molecule has 79 valence electrons. The molecule has 0 bridgehead atoms. The molecular weight excluding hydrogens is 191 g/mol. The van der Waals surface area contributed by atoms with Crippen LogP contribution in [0.5, 0.6) is 0 Å². The highest BCUT2D eigenvalue weighted by atomic mass is 27.1. The van der Waals surface area contributed by atoms with Crippen molar-refractivity contribution in [3.05, 3.63) is 11.8 Å². The number of hydrogen-bond donors (Lipinski definition) is 0. The van der Waals surface area contributed by atoms with E-state index in [2.05, 4.69) is 0 Å². The molecule has 0 aliphatic carbocycles. The second kappa shape index (κ2) is 4.51. The van der Waals surface area contributed by atoms with E-state index in [-0.39, 0.29) is 16.6 Å². The molecule has 1 radical (unpaired) electrons. The van der Waals surface area contributed by atoms with E-state index in [1.807, 2.05) is 41.5 Å². The first-order valence-corrected chi connectivity index (χ1v) is 5.35. The van der Waals surface area contributed by atoms with Gasteiger partial charge >= 0.3 is 16.6 Å². The lowest BCUT2D eigenvalue weighted by Gasteiger charge is -2.25. The Morgan fingerprint density at radius 1 is 1.07 bits per heavy atom. The molecule has 0 aromatic carbocycles. The Hall–Kier alpha value is -0.258. The summed E-state index contributed by atoms with van der Waals surface area (Å²) in [6.07, 6.45) is 1.62. The summed E-state index contributed by atoms with van der Waals surface area (Å²) in [6.45, 7) is 11.8. The van der Waals surface area contributed by atoms with Gasteiger partial charge in [-0.05, 0) is 0 Å². The summed E-state index contributed by atoms with van der Waals surface area (Å²) < 4.78 is 5.25. The molecule has 0 heterocycles. The molecule has 0 fully saturated rings. The normalized spacial score (nSPS) is 14.0. The quantitative estimate of drug-likeness (QED) is 0.398. The molecule has 2 nitrogen and oxygen atoms in total. The van der Waals surface area contributed by atoms with Gasteiger partial charge in [0.15, 0.2) is 5.78 Å². The Labute approximate surface area is 95.5 Å². The van der Waals surface area contributed by atoms with E-state index >= 15 is 0 Å². The zero-order valence-corrected chi connectivity index (χ0v) is 11.5. The van der Waals surface area contributed by atoms with Gasteiger partial charge in [-0.25, -0.2) is 0 Å². The van der Waals surface area contributed by atoms with Crippen LogP contribution in [0.2, 0.25) is 0 Å². The Morgan fingerprint density at radius 3 is 1.71 bits per heavy atom. The maximum Gasteiger partial charge on any atom is 0.494 e.